The van der Waals surface area contributed by atoms with Crippen LogP contribution >= 0.6 is 0 Å². The molecule has 0 aliphatic rings. The van der Waals surface area contributed by atoms with Crippen molar-refractivity contribution in [1.29, 1.82) is 0 Å². The molecule has 2 N–H and O–H groups in total. The number of carboxylic acids is 1. The number of nitrogens with one attached hydrogen (secondary N) is 1. The Balaban J connectivity index is 2.94. The minimum Gasteiger partial charge on any atom is -0.494 e. The Morgan fingerprint density at radius 2 is 1.95 bits per heavy atom. The molecule has 0 amide bonds. The number of unbranched alkanes of at least 4 members (excludes halogenated alkanes) is 1. The van der Waals surface area contributed by atoms with Crippen LogP contribution < -0.4 is 14.8 Å². The molecule has 0 aliphatic carbocycles. The Labute approximate surface area is 126 Å². The molecule has 0 fully saturated rings. The molecule has 0 aliphatic heterocycles. The second-order valence-corrected chi connectivity index (χ2v) is 4.70. The minimum atomic E-state index is -0.854. The lowest BCUT2D eigenvalue weighted by Gasteiger charge is -2.19. The van der Waals surface area contributed by atoms with Gasteiger partial charge in [-0.15, -0.1) is 0 Å². The number of aliphatic carboxylic acids is 1. The van der Waals surface area contributed by atoms with Crippen molar-refractivity contribution in [3.05, 3.63) is 18.2 Å². The van der Waals surface area contributed by atoms with Crippen molar-refractivity contribution >= 4 is 11.7 Å². The number of benzene rings is 1. The topological polar surface area (TPSA) is 67.8 Å². The normalized spacial score (nSPS) is 11.8. The van der Waals surface area contributed by atoms with Gasteiger partial charge in [0.2, 0.25) is 0 Å². The SMILES string of the molecule is CCCCC(Nc1cc(OCC)ccc1OCC)C(=O)O. The summed E-state index contributed by atoms with van der Waals surface area (Å²) in [6.45, 7) is 6.93. The molecule has 0 spiro atoms. The first kappa shape index (κ1) is 17.1. The van der Waals surface area contributed by atoms with Gasteiger partial charge in [-0.3, -0.25) is 0 Å². The summed E-state index contributed by atoms with van der Waals surface area (Å²) < 4.78 is 11.0. The maximum Gasteiger partial charge on any atom is 0.326 e. The standard InChI is InChI=1S/C16H25NO4/c1-4-7-8-13(16(18)19)17-14-11-12(20-5-2)9-10-15(14)21-6-3/h9-11,13,17H,4-8H2,1-3H3,(H,18,19). The van der Waals surface area contributed by atoms with Gasteiger partial charge in [-0.2, -0.15) is 0 Å². The van der Waals surface area contributed by atoms with Gasteiger partial charge in [0, 0.05) is 6.07 Å². The summed E-state index contributed by atoms with van der Waals surface area (Å²) in [5.74, 6) is 0.486. The molecule has 1 atom stereocenters. The van der Waals surface area contributed by atoms with E-state index in [4.69, 9.17) is 9.47 Å². The molecular weight excluding hydrogens is 270 g/mol. The first-order chi connectivity index (χ1) is 10.1. The van der Waals surface area contributed by atoms with Crippen molar-refractivity contribution in [3.63, 3.8) is 0 Å². The Morgan fingerprint density at radius 3 is 2.52 bits per heavy atom. The monoisotopic (exact) mass is 295 g/mol. The Hall–Kier alpha value is -1.91. The Morgan fingerprint density at radius 1 is 1.24 bits per heavy atom. The number of carbonyl (C=O) groups is 1. The summed E-state index contributed by atoms with van der Waals surface area (Å²) in [5.41, 5.74) is 0.659. The third-order valence-electron chi connectivity index (χ3n) is 3.04. The van der Waals surface area contributed by atoms with Crippen LogP contribution in [0.15, 0.2) is 18.2 Å². The highest BCUT2D eigenvalue weighted by molar-refractivity contribution is 5.78. The number of carboxylic acid groups (broad SMARTS) is 1. The molecule has 0 radical (unpaired) electrons. The van der Waals surface area contributed by atoms with Gasteiger partial charge in [-0.05, 0) is 32.4 Å². The molecule has 1 aromatic carbocycles. The number of rotatable bonds is 10. The summed E-state index contributed by atoms with van der Waals surface area (Å²) >= 11 is 0. The van der Waals surface area contributed by atoms with Crippen LogP contribution in [0.2, 0.25) is 0 Å². The molecule has 1 aromatic rings. The highest BCUT2D eigenvalue weighted by Crippen LogP contribution is 2.30. The van der Waals surface area contributed by atoms with Gasteiger partial charge in [-0.1, -0.05) is 19.8 Å². The fourth-order valence-electron chi connectivity index (χ4n) is 2.01. The quantitative estimate of drug-likeness (QED) is 0.691. The number of hydrogen-bond acceptors (Lipinski definition) is 4. The average molecular weight is 295 g/mol. The molecular formula is C16H25NO4. The van der Waals surface area contributed by atoms with Crippen molar-refractivity contribution in [2.45, 2.75) is 46.1 Å². The lowest BCUT2D eigenvalue weighted by atomic mass is 10.1. The molecule has 5 heteroatoms. The van der Waals surface area contributed by atoms with Gasteiger partial charge in [0.1, 0.15) is 17.5 Å². The Kier molecular flexibility index (Phi) is 7.43. The lowest BCUT2D eigenvalue weighted by Crippen LogP contribution is -2.29. The summed E-state index contributed by atoms with van der Waals surface area (Å²) in [6, 6.07) is 4.79. The molecule has 0 saturated carbocycles. The fraction of sp³-hybridized carbons (Fsp3) is 0.562. The van der Waals surface area contributed by atoms with E-state index in [9.17, 15) is 9.90 Å². The third kappa shape index (κ3) is 5.53. The predicted octanol–water partition coefficient (Wildman–Crippen LogP) is 3.54. The van der Waals surface area contributed by atoms with Gasteiger partial charge >= 0.3 is 5.97 Å². The molecule has 5 nitrogen and oxygen atoms in total. The first-order valence-electron chi connectivity index (χ1n) is 7.51. The van der Waals surface area contributed by atoms with E-state index in [-0.39, 0.29) is 0 Å². The van der Waals surface area contributed by atoms with Crippen LogP contribution in [0.3, 0.4) is 0 Å². The van der Waals surface area contributed by atoms with Crippen LogP contribution in [0, 0.1) is 0 Å². The van der Waals surface area contributed by atoms with E-state index in [1.807, 2.05) is 26.8 Å². The van der Waals surface area contributed by atoms with Crippen molar-refractivity contribution < 1.29 is 19.4 Å². The lowest BCUT2D eigenvalue weighted by molar-refractivity contribution is -0.138. The molecule has 0 bridgehead atoms. The molecule has 0 saturated heterocycles. The van der Waals surface area contributed by atoms with Crippen molar-refractivity contribution in [1.82, 2.24) is 0 Å². The maximum atomic E-state index is 11.4. The van der Waals surface area contributed by atoms with E-state index < -0.39 is 12.0 Å². The van der Waals surface area contributed by atoms with E-state index in [1.165, 1.54) is 0 Å². The van der Waals surface area contributed by atoms with E-state index in [0.29, 0.717) is 36.8 Å². The molecule has 0 aromatic heterocycles. The summed E-state index contributed by atoms with van der Waals surface area (Å²) in [6.07, 6.45) is 2.40. The molecule has 1 rings (SSSR count). The highest BCUT2D eigenvalue weighted by atomic mass is 16.5. The minimum absolute atomic E-state index is 0.523. The second kappa shape index (κ2) is 9.10. The zero-order valence-electron chi connectivity index (χ0n) is 13.0. The van der Waals surface area contributed by atoms with Gasteiger partial charge in [0.25, 0.3) is 0 Å². The average Bonchev–Trinajstić information content (AvgIpc) is 2.46. The first-order valence-corrected chi connectivity index (χ1v) is 7.51. The molecule has 0 heterocycles. The summed E-state index contributed by atoms with van der Waals surface area (Å²) in [4.78, 5) is 11.4. The smallest absolute Gasteiger partial charge is 0.326 e. The molecule has 118 valence electrons. The van der Waals surface area contributed by atoms with Gasteiger partial charge in [0.15, 0.2) is 0 Å². The second-order valence-electron chi connectivity index (χ2n) is 4.70. The molecule has 1 unspecified atom stereocenters. The summed E-state index contributed by atoms with van der Waals surface area (Å²) in [7, 11) is 0. The highest BCUT2D eigenvalue weighted by Gasteiger charge is 2.18. The zero-order chi connectivity index (χ0) is 15.7. The van der Waals surface area contributed by atoms with Gasteiger partial charge in [-0.25, -0.2) is 4.79 Å². The fourth-order valence-corrected chi connectivity index (χ4v) is 2.01. The van der Waals surface area contributed by atoms with Crippen molar-refractivity contribution in [3.8, 4) is 11.5 Å². The van der Waals surface area contributed by atoms with Crippen LogP contribution in [-0.4, -0.2) is 30.3 Å². The van der Waals surface area contributed by atoms with Crippen molar-refractivity contribution in [2.75, 3.05) is 18.5 Å². The van der Waals surface area contributed by atoms with E-state index in [2.05, 4.69) is 5.32 Å². The van der Waals surface area contributed by atoms with E-state index >= 15 is 0 Å². The number of ether oxygens (including phenoxy) is 2. The zero-order valence-corrected chi connectivity index (χ0v) is 13.0. The third-order valence-corrected chi connectivity index (χ3v) is 3.04. The largest absolute Gasteiger partial charge is 0.494 e. The maximum absolute atomic E-state index is 11.4. The van der Waals surface area contributed by atoms with Gasteiger partial charge < -0.3 is 19.9 Å². The van der Waals surface area contributed by atoms with Gasteiger partial charge in [0.05, 0.1) is 18.9 Å². The van der Waals surface area contributed by atoms with E-state index in [0.717, 1.165) is 12.8 Å². The van der Waals surface area contributed by atoms with Crippen LogP contribution in [-0.2, 0) is 4.79 Å². The predicted molar refractivity (Wildman–Crippen MR) is 83.4 cm³/mol. The Bertz CT molecular complexity index is 448. The number of hydrogen-bond donors (Lipinski definition) is 2. The van der Waals surface area contributed by atoms with Crippen molar-refractivity contribution in [2.24, 2.45) is 0 Å². The van der Waals surface area contributed by atoms with Crippen LogP contribution in [0.1, 0.15) is 40.0 Å². The van der Waals surface area contributed by atoms with E-state index in [1.54, 1.807) is 12.1 Å². The summed E-state index contributed by atoms with van der Waals surface area (Å²) in [5, 5.41) is 12.4. The number of anilines is 1. The van der Waals surface area contributed by atoms with Crippen LogP contribution in [0.5, 0.6) is 11.5 Å². The van der Waals surface area contributed by atoms with Crippen LogP contribution in [0.25, 0.3) is 0 Å². The molecule has 21 heavy (non-hydrogen) atoms. The van der Waals surface area contributed by atoms with Crippen LogP contribution in [0.4, 0.5) is 5.69 Å².